The van der Waals surface area contributed by atoms with Gasteiger partial charge in [0.05, 0.1) is 24.6 Å². The van der Waals surface area contributed by atoms with E-state index in [1.165, 1.54) is 0 Å². The van der Waals surface area contributed by atoms with Gasteiger partial charge in [0, 0.05) is 19.2 Å². The Morgan fingerprint density at radius 1 is 1.18 bits per heavy atom. The normalized spacial score (nSPS) is 10.5. The fraction of sp³-hybridized carbons (Fsp3) is 0.176. The van der Waals surface area contributed by atoms with Gasteiger partial charge in [-0.25, -0.2) is 4.68 Å². The zero-order chi connectivity index (χ0) is 15.2. The zero-order valence-corrected chi connectivity index (χ0v) is 12.1. The van der Waals surface area contributed by atoms with Crippen LogP contribution in [0.15, 0.2) is 65.5 Å². The van der Waals surface area contributed by atoms with Crippen LogP contribution in [-0.4, -0.2) is 22.2 Å². The number of aromatic nitrogens is 2. The molecule has 112 valence electrons. The SMILES string of the molecule is O=C(Cc1cnn(-c2ccccc2)c1)NCCc1ccco1. The molecule has 5 heteroatoms. The smallest absolute Gasteiger partial charge is 0.224 e. The van der Waals surface area contributed by atoms with E-state index >= 15 is 0 Å². The van der Waals surface area contributed by atoms with Gasteiger partial charge in [-0.3, -0.25) is 4.79 Å². The summed E-state index contributed by atoms with van der Waals surface area (Å²) >= 11 is 0. The van der Waals surface area contributed by atoms with Crippen molar-refractivity contribution < 1.29 is 9.21 Å². The predicted octanol–water partition coefficient (Wildman–Crippen LogP) is 2.37. The van der Waals surface area contributed by atoms with E-state index in [9.17, 15) is 4.79 Å². The summed E-state index contributed by atoms with van der Waals surface area (Å²) < 4.78 is 6.99. The third-order valence-corrected chi connectivity index (χ3v) is 3.30. The molecule has 2 aromatic heterocycles. The Balaban J connectivity index is 1.50. The molecular weight excluding hydrogens is 278 g/mol. The molecule has 0 aliphatic rings. The lowest BCUT2D eigenvalue weighted by Gasteiger charge is -2.02. The highest BCUT2D eigenvalue weighted by Crippen LogP contribution is 2.08. The van der Waals surface area contributed by atoms with Crippen LogP contribution in [0.2, 0.25) is 0 Å². The molecule has 0 saturated carbocycles. The Morgan fingerprint density at radius 2 is 2.05 bits per heavy atom. The Kier molecular flexibility index (Phi) is 4.34. The highest BCUT2D eigenvalue weighted by atomic mass is 16.3. The topological polar surface area (TPSA) is 60.1 Å². The van der Waals surface area contributed by atoms with Gasteiger partial charge < -0.3 is 9.73 Å². The van der Waals surface area contributed by atoms with Crippen molar-refractivity contribution in [1.82, 2.24) is 15.1 Å². The monoisotopic (exact) mass is 295 g/mol. The van der Waals surface area contributed by atoms with Crippen LogP contribution < -0.4 is 5.32 Å². The Hall–Kier alpha value is -2.82. The minimum atomic E-state index is -0.0147. The first-order valence-corrected chi connectivity index (χ1v) is 7.19. The highest BCUT2D eigenvalue weighted by Gasteiger charge is 2.06. The molecule has 1 amide bonds. The molecule has 0 spiro atoms. The number of carbonyl (C=O) groups is 1. The zero-order valence-electron chi connectivity index (χ0n) is 12.1. The van der Waals surface area contributed by atoms with E-state index in [4.69, 9.17) is 4.42 Å². The summed E-state index contributed by atoms with van der Waals surface area (Å²) in [5.74, 6) is 0.858. The first-order chi connectivity index (χ1) is 10.8. The summed E-state index contributed by atoms with van der Waals surface area (Å²) in [5.41, 5.74) is 1.87. The molecular formula is C17H17N3O2. The number of nitrogens with one attached hydrogen (secondary N) is 1. The van der Waals surface area contributed by atoms with Gasteiger partial charge in [0.15, 0.2) is 0 Å². The lowest BCUT2D eigenvalue weighted by atomic mass is 10.2. The molecule has 0 unspecified atom stereocenters. The maximum Gasteiger partial charge on any atom is 0.224 e. The van der Waals surface area contributed by atoms with Crippen molar-refractivity contribution in [2.24, 2.45) is 0 Å². The molecule has 3 rings (SSSR count). The summed E-state index contributed by atoms with van der Waals surface area (Å²) in [6.45, 7) is 0.569. The van der Waals surface area contributed by atoms with Crippen LogP contribution in [-0.2, 0) is 17.6 Å². The number of nitrogens with zero attached hydrogens (tertiary/aromatic N) is 2. The molecule has 1 aromatic carbocycles. The lowest BCUT2D eigenvalue weighted by molar-refractivity contribution is -0.120. The van der Waals surface area contributed by atoms with Crippen molar-refractivity contribution in [3.63, 3.8) is 0 Å². The van der Waals surface area contributed by atoms with Crippen LogP contribution in [0.4, 0.5) is 0 Å². The summed E-state index contributed by atoms with van der Waals surface area (Å²) in [4.78, 5) is 11.9. The number of para-hydroxylation sites is 1. The number of benzene rings is 1. The van der Waals surface area contributed by atoms with Gasteiger partial charge in [0.2, 0.25) is 5.91 Å². The molecule has 0 radical (unpaired) electrons. The summed E-state index contributed by atoms with van der Waals surface area (Å²) in [6.07, 6.45) is 6.25. The molecule has 0 fully saturated rings. The van der Waals surface area contributed by atoms with Gasteiger partial charge in [-0.15, -0.1) is 0 Å². The molecule has 0 saturated heterocycles. The van der Waals surface area contributed by atoms with Gasteiger partial charge >= 0.3 is 0 Å². The van der Waals surface area contributed by atoms with Crippen LogP contribution in [0.3, 0.4) is 0 Å². The maximum atomic E-state index is 11.9. The van der Waals surface area contributed by atoms with E-state index in [0.29, 0.717) is 19.4 Å². The van der Waals surface area contributed by atoms with E-state index in [0.717, 1.165) is 17.0 Å². The van der Waals surface area contributed by atoms with E-state index < -0.39 is 0 Å². The molecule has 5 nitrogen and oxygen atoms in total. The van der Waals surface area contributed by atoms with E-state index in [-0.39, 0.29) is 5.91 Å². The number of rotatable bonds is 6. The van der Waals surface area contributed by atoms with Crippen molar-refractivity contribution in [3.8, 4) is 5.69 Å². The number of hydrogen-bond acceptors (Lipinski definition) is 3. The lowest BCUT2D eigenvalue weighted by Crippen LogP contribution is -2.27. The average Bonchev–Trinajstić information content (AvgIpc) is 3.20. The van der Waals surface area contributed by atoms with Gasteiger partial charge in [-0.05, 0) is 29.8 Å². The summed E-state index contributed by atoms with van der Waals surface area (Å²) in [7, 11) is 0. The van der Waals surface area contributed by atoms with E-state index in [1.807, 2.05) is 48.7 Å². The van der Waals surface area contributed by atoms with Crippen molar-refractivity contribution in [1.29, 1.82) is 0 Å². The second kappa shape index (κ2) is 6.76. The fourth-order valence-electron chi connectivity index (χ4n) is 2.20. The van der Waals surface area contributed by atoms with Crippen molar-refractivity contribution in [3.05, 3.63) is 72.4 Å². The number of carbonyl (C=O) groups excluding carboxylic acids is 1. The number of amides is 1. The van der Waals surface area contributed by atoms with Crippen LogP contribution in [0, 0.1) is 0 Å². The molecule has 0 bridgehead atoms. The number of hydrogen-bond donors (Lipinski definition) is 1. The first kappa shape index (κ1) is 14.1. The molecule has 3 aromatic rings. The minimum Gasteiger partial charge on any atom is -0.469 e. The number of furan rings is 1. The Labute approximate surface area is 128 Å². The Bertz CT molecular complexity index is 717. The molecule has 22 heavy (non-hydrogen) atoms. The second-order valence-corrected chi connectivity index (χ2v) is 4.98. The minimum absolute atomic E-state index is 0.0147. The quantitative estimate of drug-likeness (QED) is 0.759. The summed E-state index contributed by atoms with van der Waals surface area (Å²) in [6, 6.07) is 13.6. The first-order valence-electron chi connectivity index (χ1n) is 7.19. The van der Waals surface area contributed by atoms with Gasteiger partial charge in [-0.1, -0.05) is 18.2 Å². The third kappa shape index (κ3) is 3.63. The maximum absolute atomic E-state index is 11.9. The largest absolute Gasteiger partial charge is 0.469 e. The second-order valence-electron chi connectivity index (χ2n) is 4.98. The average molecular weight is 295 g/mol. The molecule has 1 N–H and O–H groups in total. The van der Waals surface area contributed by atoms with Gasteiger partial charge in [0.25, 0.3) is 0 Å². The fourth-order valence-corrected chi connectivity index (χ4v) is 2.20. The van der Waals surface area contributed by atoms with E-state index in [1.54, 1.807) is 17.1 Å². The predicted molar refractivity (Wildman–Crippen MR) is 82.7 cm³/mol. The molecule has 0 atom stereocenters. The molecule has 0 aliphatic carbocycles. The van der Waals surface area contributed by atoms with Crippen molar-refractivity contribution in [2.75, 3.05) is 6.54 Å². The highest BCUT2D eigenvalue weighted by molar-refractivity contribution is 5.78. The van der Waals surface area contributed by atoms with Crippen molar-refractivity contribution >= 4 is 5.91 Å². The third-order valence-electron chi connectivity index (χ3n) is 3.30. The van der Waals surface area contributed by atoms with Crippen LogP contribution >= 0.6 is 0 Å². The molecule has 2 heterocycles. The van der Waals surface area contributed by atoms with Crippen LogP contribution in [0.5, 0.6) is 0 Å². The van der Waals surface area contributed by atoms with Gasteiger partial charge in [0.1, 0.15) is 5.76 Å². The van der Waals surface area contributed by atoms with E-state index in [2.05, 4.69) is 10.4 Å². The van der Waals surface area contributed by atoms with Crippen LogP contribution in [0.1, 0.15) is 11.3 Å². The standard InChI is InChI=1S/C17H17N3O2/c21-17(18-9-8-16-7-4-10-22-16)11-14-12-19-20(13-14)15-5-2-1-3-6-15/h1-7,10,12-13H,8-9,11H2,(H,18,21). The molecule has 0 aliphatic heterocycles. The van der Waals surface area contributed by atoms with Gasteiger partial charge in [-0.2, -0.15) is 5.10 Å². The summed E-state index contributed by atoms with van der Waals surface area (Å²) in [5, 5.41) is 7.16. The Morgan fingerprint density at radius 3 is 2.82 bits per heavy atom. The van der Waals surface area contributed by atoms with Crippen LogP contribution in [0.25, 0.3) is 5.69 Å². The van der Waals surface area contributed by atoms with Crippen molar-refractivity contribution in [2.45, 2.75) is 12.8 Å².